The lowest BCUT2D eigenvalue weighted by atomic mass is 10.3. The second-order valence-electron chi connectivity index (χ2n) is 3.85. The second kappa shape index (κ2) is 5.87. The Kier molecular flexibility index (Phi) is 4.45. The molecular formula is C11H14Cl2N2O2. The third-order valence-corrected chi connectivity index (χ3v) is 3.06. The fourth-order valence-corrected chi connectivity index (χ4v) is 2.34. The average molecular weight is 277 g/mol. The quantitative estimate of drug-likeness (QED) is 0.848. The summed E-state index contributed by atoms with van der Waals surface area (Å²) in [4.78, 5) is 6.35. The Labute approximate surface area is 110 Å². The van der Waals surface area contributed by atoms with Crippen LogP contribution in [-0.2, 0) is 9.47 Å². The fourth-order valence-electron chi connectivity index (χ4n) is 1.84. The van der Waals surface area contributed by atoms with Gasteiger partial charge in [-0.2, -0.15) is 0 Å². The predicted octanol–water partition coefficient (Wildman–Crippen LogP) is 2.24. The lowest BCUT2D eigenvalue weighted by molar-refractivity contribution is -0.0102. The topological polar surface area (TPSA) is 34.6 Å². The molecule has 0 unspecified atom stereocenters. The van der Waals surface area contributed by atoms with E-state index in [-0.39, 0.29) is 6.10 Å². The first-order valence-corrected chi connectivity index (χ1v) is 6.13. The van der Waals surface area contributed by atoms with Gasteiger partial charge in [0.1, 0.15) is 5.82 Å². The van der Waals surface area contributed by atoms with Crippen LogP contribution in [0.3, 0.4) is 0 Å². The molecule has 0 radical (unpaired) electrons. The molecule has 0 N–H and O–H groups in total. The predicted molar refractivity (Wildman–Crippen MR) is 68.1 cm³/mol. The Morgan fingerprint density at radius 2 is 2.41 bits per heavy atom. The molecule has 1 aliphatic rings. The van der Waals surface area contributed by atoms with Gasteiger partial charge in [-0.25, -0.2) is 4.98 Å². The first-order valence-electron chi connectivity index (χ1n) is 5.37. The Morgan fingerprint density at radius 1 is 1.59 bits per heavy atom. The van der Waals surface area contributed by atoms with E-state index >= 15 is 0 Å². The summed E-state index contributed by atoms with van der Waals surface area (Å²) in [5.41, 5.74) is 0. The standard InChI is InChI=1S/C11H14Cl2N2O2/c1-16-7-9-6-15(2-3-17-9)11-10(13)4-8(12)5-14-11/h4-5,9H,2-3,6-7H2,1H3/t9-/m0/s1. The first-order chi connectivity index (χ1) is 8.20. The number of hydrogen-bond acceptors (Lipinski definition) is 4. The maximum Gasteiger partial charge on any atom is 0.147 e. The monoisotopic (exact) mass is 276 g/mol. The molecule has 6 heteroatoms. The van der Waals surface area contributed by atoms with E-state index in [2.05, 4.69) is 9.88 Å². The summed E-state index contributed by atoms with van der Waals surface area (Å²) in [6.45, 7) is 2.72. The summed E-state index contributed by atoms with van der Waals surface area (Å²) in [5, 5.41) is 1.11. The van der Waals surface area contributed by atoms with Gasteiger partial charge in [-0.15, -0.1) is 0 Å². The Bertz CT molecular complexity index is 388. The molecule has 1 aromatic heterocycles. The summed E-state index contributed by atoms with van der Waals surface area (Å²) in [6, 6.07) is 1.70. The zero-order valence-electron chi connectivity index (χ0n) is 9.53. The number of pyridine rings is 1. The van der Waals surface area contributed by atoms with Crippen molar-refractivity contribution in [2.45, 2.75) is 6.10 Å². The van der Waals surface area contributed by atoms with Crippen molar-refractivity contribution in [1.29, 1.82) is 0 Å². The number of methoxy groups -OCH3 is 1. The molecule has 2 rings (SSSR count). The molecular weight excluding hydrogens is 263 g/mol. The van der Waals surface area contributed by atoms with Crippen LogP contribution >= 0.6 is 23.2 Å². The van der Waals surface area contributed by atoms with Gasteiger partial charge in [0, 0.05) is 26.4 Å². The van der Waals surface area contributed by atoms with Crippen molar-refractivity contribution in [2.24, 2.45) is 0 Å². The molecule has 1 fully saturated rings. The zero-order valence-corrected chi connectivity index (χ0v) is 11.0. The molecule has 1 saturated heterocycles. The van der Waals surface area contributed by atoms with E-state index < -0.39 is 0 Å². The minimum atomic E-state index is 0.0577. The summed E-state index contributed by atoms with van der Waals surface area (Å²) >= 11 is 12.0. The van der Waals surface area contributed by atoms with Crippen LogP contribution in [0.4, 0.5) is 5.82 Å². The first kappa shape index (κ1) is 12.9. The highest BCUT2D eigenvalue weighted by Crippen LogP contribution is 2.27. The van der Waals surface area contributed by atoms with Crippen LogP contribution < -0.4 is 4.90 Å². The number of aromatic nitrogens is 1. The summed E-state index contributed by atoms with van der Waals surface area (Å²) < 4.78 is 10.7. The van der Waals surface area contributed by atoms with E-state index in [1.165, 1.54) is 0 Å². The second-order valence-corrected chi connectivity index (χ2v) is 4.70. The maximum atomic E-state index is 6.13. The number of morpholine rings is 1. The number of ether oxygens (including phenoxy) is 2. The fraction of sp³-hybridized carbons (Fsp3) is 0.545. The van der Waals surface area contributed by atoms with Gasteiger partial charge in [0.2, 0.25) is 0 Å². The van der Waals surface area contributed by atoms with Crippen molar-refractivity contribution in [3.8, 4) is 0 Å². The van der Waals surface area contributed by atoms with Crippen LogP contribution in [0.15, 0.2) is 12.3 Å². The molecule has 94 valence electrons. The SMILES string of the molecule is COC[C@@H]1CN(c2ncc(Cl)cc2Cl)CCO1. The molecule has 0 spiro atoms. The number of nitrogens with zero attached hydrogens (tertiary/aromatic N) is 2. The molecule has 0 aromatic carbocycles. The van der Waals surface area contributed by atoms with Crippen LogP contribution in [0.2, 0.25) is 10.0 Å². The Balaban J connectivity index is 2.10. The highest BCUT2D eigenvalue weighted by molar-refractivity contribution is 6.36. The van der Waals surface area contributed by atoms with Gasteiger partial charge in [0.05, 0.1) is 29.4 Å². The Morgan fingerprint density at radius 3 is 3.12 bits per heavy atom. The molecule has 0 amide bonds. The molecule has 0 bridgehead atoms. The van der Waals surface area contributed by atoms with Crippen LogP contribution in [-0.4, -0.2) is 44.5 Å². The highest BCUT2D eigenvalue weighted by Gasteiger charge is 2.22. The third kappa shape index (κ3) is 3.22. The molecule has 0 saturated carbocycles. The van der Waals surface area contributed by atoms with Crippen molar-refractivity contribution in [3.63, 3.8) is 0 Å². The van der Waals surface area contributed by atoms with E-state index in [4.69, 9.17) is 32.7 Å². The number of rotatable bonds is 3. The third-order valence-electron chi connectivity index (χ3n) is 2.58. The summed E-state index contributed by atoms with van der Waals surface area (Å²) in [6.07, 6.45) is 1.66. The zero-order chi connectivity index (χ0) is 12.3. The minimum absolute atomic E-state index is 0.0577. The van der Waals surface area contributed by atoms with Crippen molar-refractivity contribution >= 4 is 29.0 Å². The van der Waals surface area contributed by atoms with E-state index in [0.717, 1.165) is 18.9 Å². The van der Waals surface area contributed by atoms with Crippen LogP contribution in [0.5, 0.6) is 0 Å². The molecule has 1 aliphatic heterocycles. The van der Waals surface area contributed by atoms with E-state index in [1.54, 1.807) is 19.4 Å². The lowest BCUT2D eigenvalue weighted by Crippen LogP contribution is -2.44. The minimum Gasteiger partial charge on any atom is -0.382 e. The van der Waals surface area contributed by atoms with Crippen molar-refractivity contribution in [1.82, 2.24) is 4.98 Å². The van der Waals surface area contributed by atoms with Gasteiger partial charge in [-0.05, 0) is 6.07 Å². The van der Waals surface area contributed by atoms with Crippen LogP contribution in [0.25, 0.3) is 0 Å². The van der Waals surface area contributed by atoms with Crippen LogP contribution in [0, 0.1) is 0 Å². The van der Waals surface area contributed by atoms with Gasteiger partial charge in [-0.3, -0.25) is 0 Å². The summed E-state index contributed by atoms with van der Waals surface area (Å²) in [7, 11) is 1.66. The number of anilines is 1. The van der Waals surface area contributed by atoms with Gasteiger partial charge >= 0.3 is 0 Å². The molecule has 0 aliphatic carbocycles. The van der Waals surface area contributed by atoms with Gasteiger partial charge < -0.3 is 14.4 Å². The van der Waals surface area contributed by atoms with E-state index in [1.807, 2.05) is 0 Å². The molecule has 17 heavy (non-hydrogen) atoms. The van der Waals surface area contributed by atoms with E-state index in [0.29, 0.717) is 23.3 Å². The number of hydrogen-bond donors (Lipinski definition) is 0. The van der Waals surface area contributed by atoms with Crippen LogP contribution in [0.1, 0.15) is 0 Å². The van der Waals surface area contributed by atoms with Gasteiger partial charge in [0.15, 0.2) is 0 Å². The van der Waals surface area contributed by atoms with Crippen molar-refractivity contribution in [3.05, 3.63) is 22.3 Å². The number of halogens is 2. The average Bonchev–Trinajstić information content (AvgIpc) is 2.29. The van der Waals surface area contributed by atoms with Crippen molar-refractivity contribution < 1.29 is 9.47 Å². The molecule has 2 heterocycles. The van der Waals surface area contributed by atoms with E-state index in [9.17, 15) is 0 Å². The largest absolute Gasteiger partial charge is 0.382 e. The molecule has 4 nitrogen and oxygen atoms in total. The van der Waals surface area contributed by atoms with Gasteiger partial charge in [0.25, 0.3) is 0 Å². The molecule has 1 atom stereocenters. The Hall–Kier alpha value is -0.550. The summed E-state index contributed by atoms with van der Waals surface area (Å²) in [5.74, 6) is 0.750. The smallest absolute Gasteiger partial charge is 0.147 e. The molecule has 1 aromatic rings. The highest BCUT2D eigenvalue weighted by atomic mass is 35.5. The van der Waals surface area contributed by atoms with Gasteiger partial charge in [-0.1, -0.05) is 23.2 Å². The lowest BCUT2D eigenvalue weighted by Gasteiger charge is -2.33. The normalized spacial score (nSPS) is 20.6. The maximum absolute atomic E-state index is 6.13. The van der Waals surface area contributed by atoms with Crippen molar-refractivity contribution in [2.75, 3.05) is 38.3 Å².